The van der Waals surface area contributed by atoms with Crippen molar-refractivity contribution in [3.8, 4) is 5.75 Å². The maximum Gasteiger partial charge on any atom is 0.224 e. The van der Waals surface area contributed by atoms with Crippen molar-refractivity contribution in [1.29, 1.82) is 0 Å². The van der Waals surface area contributed by atoms with E-state index >= 15 is 0 Å². The predicted molar refractivity (Wildman–Crippen MR) is 88.7 cm³/mol. The van der Waals surface area contributed by atoms with Crippen molar-refractivity contribution in [2.75, 3.05) is 30.9 Å². The van der Waals surface area contributed by atoms with Gasteiger partial charge in [-0.05, 0) is 37.0 Å². The number of aryl methyl sites for hydroxylation is 2. The molecule has 2 heterocycles. The van der Waals surface area contributed by atoms with Crippen molar-refractivity contribution in [2.24, 2.45) is 0 Å². The highest BCUT2D eigenvalue weighted by atomic mass is 16.5. The fourth-order valence-electron chi connectivity index (χ4n) is 2.68. The van der Waals surface area contributed by atoms with Crippen LogP contribution in [0, 0.1) is 6.92 Å². The fraction of sp³-hybridized carbons (Fsp3) is 0.412. The molecule has 1 aromatic heterocycles. The summed E-state index contributed by atoms with van der Waals surface area (Å²) < 4.78 is 5.65. The van der Waals surface area contributed by atoms with E-state index in [1.165, 1.54) is 11.1 Å². The van der Waals surface area contributed by atoms with E-state index in [1.807, 2.05) is 32.1 Å². The SMILES string of the molecule is Cc1cnc(NCc2ccc3c(c2)CCCO3)nc1N(C)C. The molecule has 0 radical (unpaired) electrons. The lowest BCUT2D eigenvalue weighted by atomic mass is 10.0. The summed E-state index contributed by atoms with van der Waals surface area (Å²) in [6.45, 7) is 3.56. The minimum atomic E-state index is 0.656. The van der Waals surface area contributed by atoms with Gasteiger partial charge in [0.1, 0.15) is 11.6 Å². The maximum atomic E-state index is 5.65. The molecule has 0 saturated carbocycles. The summed E-state index contributed by atoms with van der Waals surface area (Å²) in [6, 6.07) is 6.37. The molecule has 22 heavy (non-hydrogen) atoms. The highest BCUT2D eigenvalue weighted by Crippen LogP contribution is 2.25. The lowest BCUT2D eigenvalue weighted by Gasteiger charge is -2.18. The van der Waals surface area contributed by atoms with Gasteiger partial charge in [-0.15, -0.1) is 0 Å². The van der Waals surface area contributed by atoms with Gasteiger partial charge in [-0.2, -0.15) is 4.98 Å². The third kappa shape index (κ3) is 3.13. The normalized spacial score (nSPS) is 13.2. The van der Waals surface area contributed by atoms with Crippen molar-refractivity contribution in [3.63, 3.8) is 0 Å². The van der Waals surface area contributed by atoms with Gasteiger partial charge in [0.05, 0.1) is 6.61 Å². The molecule has 0 amide bonds. The first-order chi connectivity index (χ1) is 10.6. The number of rotatable bonds is 4. The number of aromatic nitrogens is 2. The number of nitrogens with zero attached hydrogens (tertiary/aromatic N) is 3. The molecule has 0 unspecified atom stereocenters. The average molecular weight is 298 g/mol. The first kappa shape index (κ1) is 14.6. The van der Waals surface area contributed by atoms with Crippen LogP contribution >= 0.6 is 0 Å². The zero-order valence-electron chi connectivity index (χ0n) is 13.4. The summed E-state index contributed by atoms with van der Waals surface area (Å²) in [5, 5.41) is 3.30. The molecule has 0 saturated heterocycles. The second kappa shape index (κ2) is 6.22. The number of ether oxygens (including phenoxy) is 1. The smallest absolute Gasteiger partial charge is 0.224 e. The van der Waals surface area contributed by atoms with Crippen LogP contribution in [0.4, 0.5) is 11.8 Å². The van der Waals surface area contributed by atoms with E-state index in [-0.39, 0.29) is 0 Å². The van der Waals surface area contributed by atoms with Crippen molar-refractivity contribution in [2.45, 2.75) is 26.3 Å². The Morgan fingerprint density at radius 1 is 1.32 bits per heavy atom. The van der Waals surface area contributed by atoms with Crippen molar-refractivity contribution < 1.29 is 4.74 Å². The number of hydrogen-bond acceptors (Lipinski definition) is 5. The summed E-state index contributed by atoms with van der Waals surface area (Å²) in [6.07, 6.45) is 4.04. The lowest BCUT2D eigenvalue weighted by molar-refractivity contribution is 0.288. The van der Waals surface area contributed by atoms with E-state index in [4.69, 9.17) is 4.74 Å². The number of anilines is 2. The van der Waals surface area contributed by atoms with Crippen LogP contribution in [0.3, 0.4) is 0 Å². The number of hydrogen-bond donors (Lipinski definition) is 1. The Kier molecular flexibility index (Phi) is 4.13. The Bertz CT molecular complexity index is 670. The van der Waals surface area contributed by atoms with E-state index in [2.05, 4.69) is 33.5 Å². The minimum Gasteiger partial charge on any atom is -0.493 e. The van der Waals surface area contributed by atoms with Crippen molar-refractivity contribution in [1.82, 2.24) is 9.97 Å². The summed E-state index contributed by atoms with van der Waals surface area (Å²) in [4.78, 5) is 10.9. The Labute approximate surface area is 131 Å². The molecule has 0 spiro atoms. The molecule has 0 bridgehead atoms. The minimum absolute atomic E-state index is 0.656. The topological polar surface area (TPSA) is 50.3 Å². The third-order valence-corrected chi connectivity index (χ3v) is 3.79. The predicted octanol–water partition coefficient (Wildman–Crippen LogP) is 2.79. The van der Waals surface area contributed by atoms with Gasteiger partial charge in [0, 0.05) is 32.4 Å². The van der Waals surface area contributed by atoms with E-state index < -0.39 is 0 Å². The molecule has 0 atom stereocenters. The summed E-state index contributed by atoms with van der Waals surface area (Å²) in [5.41, 5.74) is 3.59. The standard InChI is InChI=1S/C17H22N4O/c1-12-10-18-17(20-16(12)21(2)3)19-11-13-6-7-15-14(9-13)5-4-8-22-15/h6-7,9-10H,4-5,8,11H2,1-3H3,(H,18,19,20). The second-order valence-corrected chi connectivity index (χ2v) is 5.84. The van der Waals surface area contributed by atoms with E-state index in [0.717, 1.165) is 36.6 Å². The first-order valence-electron chi connectivity index (χ1n) is 7.63. The number of benzene rings is 1. The van der Waals surface area contributed by atoms with Crippen LogP contribution in [0.1, 0.15) is 23.1 Å². The molecule has 0 aliphatic carbocycles. The summed E-state index contributed by atoms with van der Waals surface area (Å²) in [7, 11) is 3.98. The van der Waals surface area contributed by atoms with Crippen LogP contribution < -0.4 is 15.0 Å². The zero-order chi connectivity index (χ0) is 15.5. The summed E-state index contributed by atoms with van der Waals surface area (Å²) >= 11 is 0. The molecule has 1 aliphatic heterocycles. The fourth-order valence-corrected chi connectivity index (χ4v) is 2.68. The maximum absolute atomic E-state index is 5.65. The molecular formula is C17H22N4O. The Hall–Kier alpha value is -2.30. The van der Waals surface area contributed by atoms with E-state index in [0.29, 0.717) is 12.5 Å². The molecule has 3 rings (SSSR count). The Morgan fingerprint density at radius 2 is 2.18 bits per heavy atom. The van der Waals surface area contributed by atoms with Gasteiger partial charge < -0.3 is 15.0 Å². The van der Waals surface area contributed by atoms with E-state index in [9.17, 15) is 0 Å². The Balaban J connectivity index is 1.71. The van der Waals surface area contributed by atoms with Gasteiger partial charge in [0.25, 0.3) is 0 Å². The highest BCUT2D eigenvalue weighted by Gasteiger charge is 2.11. The van der Waals surface area contributed by atoms with Gasteiger partial charge in [0.15, 0.2) is 0 Å². The highest BCUT2D eigenvalue weighted by molar-refractivity contribution is 5.48. The van der Waals surface area contributed by atoms with Crippen LogP contribution in [0.25, 0.3) is 0 Å². The number of fused-ring (bicyclic) bond motifs is 1. The molecule has 1 aliphatic rings. The average Bonchev–Trinajstić information content (AvgIpc) is 2.53. The summed E-state index contributed by atoms with van der Waals surface area (Å²) in [5.74, 6) is 2.62. The second-order valence-electron chi connectivity index (χ2n) is 5.84. The van der Waals surface area contributed by atoms with Gasteiger partial charge >= 0.3 is 0 Å². The van der Waals surface area contributed by atoms with Crippen molar-refractivity contribution >= 4 is 11.8 Å². The van der Waals surface area contributed by atoms with Crippen LogP contribution in [0.5, 0.6) is 5.75 Å². The van der Waals surface area contributed by atoms with Gasteiger partial charge in [-0.3, -0.25) is 0 Å². The molecule has 5 heteroatoms. The molecule has 1 aromatic carbocycles. The zero-order valence-corrected chi connectivity index (χ0v) is 13.4. The number of nitrogens with one attached hydrogen (secondary N) is 1. The van der Waals surface area contributed by atoms with Crippen LogP contribution in [-0.4, -0.2) is 30.7 Å². The molecule has 1 N–H and O–H groups in total. The van der Waals surface area contributed by atoms with Crippen LogP contribution in [0.2, 0.25) is 0 Å². The molecule has 0 fully saturated rings. The first-order valence-corrected chi connectivity index (χ1v) is 7.63. The lowest BCUT2D eigenvalue weighted by Crippen LogP contribution is -2.14. The van der Waals surface area contributed by atoms with Gasteiger partial charge in [-0.25, -0.2) is 4.98 Å². The van der Waals surface area contributed by atoms with Gasteiger partial charge in [-0.1, -0.05) is 12.1 Å². The van der Waals surface area contributed by atoms with Gasteiger partial charge in [0.2, 0.25) is 5.95 Å². The quantitative estimate of drug-likeness (QED) is 0.940. The molecule has 5 nitrogen and oxygen atoms in total. The van der Waals surface area contributed by atoms with E-state index in [1.54, 1.807) is 0 Å². The van der Waals surface area contributed by atoms with Crippen molar-refractivity contribution in [3.05, 3.63) is 41.1 Å². The molecule has 2 aromatic rings. The largest absolute Gasteiger partial charge is 0.493 e. The molecular weight excluding hydrogens is 276 g/mol. The third-order valence-electron chi connectivity index (χ3n) is 3.79. The monoisotopic (exact) mass is 298 g/mol. The van der Waals surface area contributed by atoms with Crippen LogP contribution in [-0.2, 0) is 13.0 Å². The van der Waals surface area contributed by atoms with Crippen LogP contribution in [0.15, 0.2) is 24.4 Å². The Morgan fingerprint density at radius 3 is 3.00 bits per heavy atom. The molecule has 116 valence electrons.